The van der Waals surface area contributed by atoms with Gasteiger partial charge in [0.15, 0.2) is 0 Å². The minimum Gasteiger partial charge on any atom is -0.381 e. The van der Waals surface area contributed by atoms with E-state index in [2.05, 4.69) is 6.92 Å². The Morgan fingerprint density at radius 2 is 1.81 bits per heavy atom. The summed E-state index contributed by atoms with van der Waals surface area (Å²) in [7, 11) is 0. The predicted octanol–water partition coefficient (Wildman–Crippen LogP) is 1.57. The smallest absolute Gasteiger partial charge is 0.237 e. The zero-order valence-electron chi connectivity index (χ0n) is 10.6. The van der Waals surface area contributed by atoms with Crippen molar-refractivity contribution in [2.75, 3.05) is 13.2 Å². The largest absolute Gasteiger partial charge is 0.381 e. The number of hydrogen-bond acceptors (Lipinski definition) is 3. The van der Waals surface area contributed by atoms with Crippen molar-refractivity contribution in [3.63, 3.8) is 0 Å². The van der Waals surface area contributed by atoms with E-state index in [0.717, 1.165) is 19.4 Å². The summed E-state index contributed by atoms with van der Waals surface area (Å²) < 4.78 is 5.45. The van der Waals surface area contributed by atoms with Gasteiger partial charge in [0.25, 0.3) is 0 Å². The van der Waals surface area contributed by atoms with Crippen LogP contribution >= 0.6 is 0 Å². The highest BCUT2D eigenvalue weighted by Crippen LogP contribution is 2.08. The molecule has 0 fully saturated rings. The number of nitrogens with two attached hydrogens (primary N) is 2. The molecular weight excluding hydrogens is 204 g/mol. The summed E-state index contributed by atoms with van der Waals surface area (Å²) >= 11 is 0. The average molecular weight is 230 g/mol. The van der Waals surface area contributed by atoms with Crippen LogP contribution in [0.15, 0.2) is 0 Å². The molecule has 4 heteroatoms. The zero-order chi connectivity index (χ0) is 12.4. The highest BCUT2D eigenvalue weighted by molar-refractivity contribution is 5.83. The number of unbranched alkanes of at least 4 members (excludes halogenated alkanes) is 3. The highest BCUT2D eigenvalue weighted by Gasteiger charge is 2.24. The first-order chi connectivity index (χ1) is 7.50. The summed E-state index contributed by atoms with van der Waals surface area (Å²) in [6.07, 6.45) is 6.22. The fraction of sp³-hybridized carbons (Fsp3) is 0.917. The number of primary amides is 1. The molecule has 0 saturated heterocycles. The van der Waals surface area contributed by atoms with Crippen molar-refractivity contribution in [2.45, 2.75) is 57.9 Å². The molecule has 0 aliphatic carbocycles. The minimum atomic E-state index is -0.897. The van der Waals surface area contributed by atoms with E-state index in [9.17, 15) is 4.79 Å². The fourth-order valence-electron chi connectivity index (χ4n) is 1.40. The van der Waals surface area contributed by atoms with Gasteiger partial charge in [-0.15, -0.1) is 0 Å². The molecule has 0 saturated carbocycles. The van der Waals surface area contributed by atoms with Crippen molar-refractivity contribution in [2.24, 2.45) is 11.5 Å². The van der Waals surface area contributed by atoms with Gasteiger partial charge in [0.1, 0.15) is 0 Å². The maximum absolute atomic E-state index is 10.9. The van der Waals surface area contributed by atoms with Gasteiger partial charge in [0, 0.05) is 13.2 Å². The van der Waals surface area contributed by atoms with E-state index in [4.69, 9.17) is 16.2 Å². The molecule has 0 aromatic carbocycles. The molecule has 16 heavy (non-hydrogen) atoms. The molecule has 96 valence electrons. The zero-order valence-corrected chi connectivity index (χ0v) is 10.6. The third kappa shape index (κ3) is 7.65. The monoisotopic (exact) mass is 230 g/mol. The standard InChI is InChI=1S/C12H26N2O2/c1-3-4-5-6-9-16-10-7-8-12(2,14)11(13)15/h3-10,14H2,1-2H3,(H2,13,15). The molecule has 0 aromatic rings. The first-order valence-corrected chi connectivity index (χ1v) is 6.17. The molecule has 0 aromatic heterocycles. The summed E-state index contributed by atoms with van der Waals surface area (Å²) in [6.45, 7) is 5.31. The lowest BCUT2D eigenvalue weighted by atomic mass is 9.97. The van der Waals surface area contributed by atoms with Crippen molar-refractivity contribution in [3.8, 4) is 0 Å². The number of rotatable bonds is 10. The van der Waals surface area contributed by atoms with Gasteiger partial charge in [-0.05, 0) is 26.2 Å². The van der Waals surface area contributed by atoms with E-state index in [1.54, 1.807) is 6.92 Å². The second-order valence-corrected chi connectivity index (χ2v) is 4.56. The van der Waals surface area contributed by atoms with Crippen molar-refractivity contribution >= 4 is 5.91 Å². The summed E-state index contributed by atoms with van der Waals surface area (Å²) in [4.78, 5) is 10.9. The first kappa shape index (κ1) is 15.4. The molecule has 0 aliphatic rings. The number of ether oxygens (including phenoxy) is 1. The summed E-state index contributed by atoms with van der Waals surface area (Å²) in [6, 6.07) is 0. The van der Waals surface area contributed by atoms with Gasteiger partial charge < -0.3 is 16.2 Å². The Kier molecular flexibility index (Phi) is 8.21. The van der Waals surface area contributed by atoms with E-state index in [1.165, 1.54) is 19.3 Å². The van der Waals surface area contributed by atoms with Gasteiger partial charge in [-0.3, -0.25) is 4.79 Å². The second-order valence-electron chi connectivity index (χ2n) is 4.56. The molecule has 0 radical (unpaired) electrons. The Morgan fingerprint density at radius 1 is 1.19 bits per heavy atom. The summed E-state index contributed by atoms with van der Waals surface area (Å²) in [5.41, 5.74) is 9.97. The van der Waals surface area contributed by atoms with E-state index in [1.807, 2.05) is 0 Å². The van der Waals surface area contributed by atoms with E-state index in [0.29, 0.717) is 13.0 Å². The highest BCUT2D eigenvalue weighted by atomic mass is 16.5. The third-order valence-electron chi connectivity index (χ3n) is 2.69. The van der Waals surface area contributed by atoms with Crippen LogP contribution in [0.1, 0.15) is 52.4 Å². The lowest BCUT2D eigenvalue weighted by Crippen LogP contribution is -2.49. The lowest BCUT2D eigenvalue weighted by molar-refractivity contribution is -0.122. The molecule has 0 bridgehead atoms. The number of carbonyl (C=O) groups is 1. The van der Waals surface area contributed by atoms with Gasteiger partial charge >= 0.3 is 0 Å². The topological polar surface area (TPSA) is 78.3 Å². The quantitative estimate of drug-likeness (QED) is 0.559. The van der Waals surface area contributed by atoms with Crippen LogP contribution in [0.4, 0.5) is 0 Å². The van der Waals surface area contributed by atoms with Crippen LogP contribution in [0, 0.1) is 0 Å². The van der Waals surface area contributed by atoms with Crippen LogP contribution in [0.5, 0.6) is 0 Å². The molecule has 1 unspecified atom stereocenters. The van der Waals surface area contributed by atoms with Gasteiger partial charge in [0.2, 0.25) is 5.91 Å². The second kappa shape index (κ2) is 8.53. The maximum Gasteiger partial charge on any atom is 0.237 e. The predicted molar refractivity (Wildman–Crippen MR) is 66.0 cm³/mol. The molecule has 1 atom stereocenters. The third-order valence-corrected chi connectivity index (χ3v) is 2.69. The Labute approximate surface area is 98.7 Å². The first-order valence-electron chi connectivity index (χ1n) is 6.17. The van der Waals surface area contributed by atoms with Crippen molar-refractivity contribution in [3.05, 3.63) is 0 Å². The van der Waals surface area contributed by atoms with Crippen LogP contribution in [0.3, 0.4) is 0 Å². The van der Waals surface area contributed by atoms with Crippen LogP contribution in [-0.2, 0) is 9.53 Å². The lowest BCUT2D eigenvalue weighted by Gasteiger charge is -2.19. The van der Waals surface area contributed by atoms with Crippen molar-refractivity contribution in [1.82, 2.24) is 0 Å². The Bertz CT molecular complexity index is 193. The number of hydrogen-bond donors (Lipinski definition) is 2. The fourth-order valence-corrected chi connectivity index (χ4v) is 1.40. The average Bonchev–Trinajstić information content (AvgIpc) is 2.21. The van der Waals surface area contributed by atoms with Crippen LogP contribution in [0.2, 0.25) is 0 Å². The van der Waals surface area contributed by atoms with Crippen LogP contribution in [-0.4, -0.2) is 24.7 Å². The SMILES string of the molecule is CCCCCCOCCCC(C)(N)C(N)=O. The maximum atomic E-state index is 10.9. The van der Waals surface area contributed by atoms with Gasteiger partial charge in [-0.25, -0.2) is 0 Å². The van der Waals surface area contributed by atoms with Gasteiger partial charge in [-0.1, -0.05) is 26.2 Å². The summed E-state index contributed by atoms with van der Waals surface area (Å²) in [5.74, 6) is -0.449. The van der Waals surface area contributed by atoms with Crippen LogP contribution < -0.4 is 11.5 Å². The molecular formula is C12H26N2O2. The molecule has 0 aliphatic heterocycles. The molecule has 4 nitrogen and oxygen atoms in total. The summed E-state index contributed by atoms with van der Waals surface area (Å²) in [5, 5.41) is 0. The molecule has 0 spiro atoms. The van der Waals surface area contributed by atoms with Crippen LogP contribution in [0.25, 0.3) is 0 Å². The van der Waals surface area contributed by atoms with E-state index >= 15 is 0 Å². The van der Waals surface area contributed by atoms with E-state index in [-0.39, 0.29) is 0 Å². The molecule has 0 heterocycles. The molecule has 1 amide bonds. The van der Waals surface area contributed by atoms with Gasteiger partial charge in [0.05, 0.1) is 5.54 Å². The number of carbonyl (C=O) groups excluding carboxylic acids is 1. The molecule has 0 rings (SSSR count). The Balaban J connectivity index is 3.30. The Hall–Kier alpha value is -0.610. The van der Waals surface area contributed by atoms with E-state index < -0.39 is 11.4 Å². The Morgan fingerprint density at radius 3 is 2.38 bits per heavy atom. The minimum absolute atomic E-state index is 0.449. The van der Waals surface area contributed by atoms with Crippen molar-refractivity contribution < 1.29 is 9.53 Å². The van der Waals surface area contributed by atoms with Gasteiger partial charge in [-0.2, -0.15) is 0 Å². The number of amides is 1. The molecule has 4 N–H and O–H groups in total. The normalized spacial score (nSPS) is 14.7. The van der Waals surface area contributed by atoms with Crippen molar-refractivity contribution in [1.29, 1.82) is 0 Å².